The van der Waals surface area contributed by atoms with Crippen molar-refractivity contribution in [3.05, 3.63) is 24.2 Å². The monoisotopic (exact) mass is 279 g/mol. The van der Waals surface area contributed by atoms with Crippen molar-refractivity contribution in [3.8, 4) is 0 Å². The Bertz CT molecular complexity index is 706. The topological polar surface area (TPSA) is 64.8 Å². The van der Waals surface area contributed by atoms with Crippen molar-refractivity contribution in [3.63, 3.8) is 0 Å². The predicted octanol–water partition coefficient (Wildman–Crippen LogP) is 1.56. The van der Waals surface area contributed by atoms with Gasteiger partial charge in [-0.3, -0.25) is 0 Å². The highest BCUT2D eigenvalue weighted by molar-refractivity contribution is 7.91. The SMILES string of the molecule is Cc1nc2cccnc2n1CC1CCCS(=O)(=O)C1. The zero-order valence-corrected chi connectivity index (χ0v) is 11.7. The van der Waals surface area contributed by atoms with Crippen LogP contribution in [-0.4, -0.2) is 34.5 Å². The van der Waals surface area contributed by atoms with Crippen molar-refractivity contribution in [1.29, 1.82) is 0 Å². The molecule has 1 aliphatic heterocycles. The molecule has 2 aromatic rings. The molecule has 5 nitrogen and oxygen atoms in total. The van der Waals surface area contributed by atoms with Gasteiger partial charge in [0.25, 0.3) is 0 Å². The van der Waals surface area contributed by atoms with Gasteiger partial charge in [0.15, 0.2) is 15.5 Å². The molecule has 0 saturated carbocycles. The van der Waals surface area contributed by atoms with Crippen LogP contribution < -0.4 is 0 Å². The van der Waals surface area contributed by atoms with Gasteiger partial charge in [-0.25, -0.2) is 18.4 Å². The maximum absolute atomic E-state index is 11.7. The Morgan fingerprint density at radius 3 is 3.11 bits per heavy atom. The van der Waals surface area contributed by atoms with Gasteiger partial charge < -0.3 is 4.57 Å². The number of hydrogen-bond donors (Lipinski definition) is 0. The summed E-state index contributed by atoms with van der Waals surface area (Å²) in [4.78, 5) is 8.82. The molecular formula is C13H17N3O2S. The van der Waals surface area contributed by atoms with E-state index in [-0.39, 0.29) is 5.92 Å². The summed E-state index contributed by atoms with van der Waals surface area (Å²) in [5, 5.41) is 0. The van der Waals surface area contributed by atoms with Gasteiger partial charge in [0.2, 0.25) is 0 Å². The number of imidazole rings is 1. The molecule has 0 N–H and O–H groups in total. The average Bonchev–Trinajstić information content (AvgIpc) is 2.65. The molecule has 0 aliphatic carbocycles. The molecule has 19 heavy (non-hydrogen) atoms. The smallest absolute Gasteiger partial charge is 0.159 e. The lowest BCUT2D eigenvalue weighted by Gasteiger charge is -2.22. The Labute approximate surface area is 112 Å². The Kier molecular flexibility index (Phi) is 3.05. The van der Waals surface area contributed by atoms with E-state index >= 15 is 0 Å². The number of rotatable bonds is 2. The molecule has 0 amide bonds. The largest absolute Gasteiger partial charge is 0.313 e. The Hall–Kier alpha value is -1.43. The molecule has 6 heteroatoms. The van der Waals surface area contributed by atoms with E-state index in [1.165, 1.54) is 0 Å². The van der Waals surface area contributed by atoms with E-state index in [4.69, 9.17) is 0 Å². The summed E-state index contributed by atoms with van der Waals surface area (Å²) in [5.74, 6) is 1.71. The van der Waals surface area contributed by atoms with Crippen LogP contribution in [0.1, 0.15) is 18.7 Å². The van der Waals surface area contributed by atoms with E-state index < -0.39 is 9.84 Å². The van der Waals surface area contributed by atoms with E-state index in [2.05, 4.69) is 9.97 Å². The van der Waals surface area contributed by atoms with Gasteiger partial charge in [0.05, 0.1) is 11.5 Å². The number of aromatic nitrogens is 3. The summed E-state index contributed by atoms with van der Waals surface area (Å²) in [7, 11) is -2.86. The minimum Gasteiger partial charge on any atom is -0.313 e. The van der Waals surface area contributed by atoms with Gasteiger partial charge in [-0.1, -0.05) is 0 Å². The Morgan fingerprint density at radius 2 is 2.32 bits per heavy atom. The van der Waals surface area contributed by atoms with Crippen LogP contribution in [0.25, 0.3) is 11.2 Å². The van der Waals surface area contributed by atoms with Gasteiger partial charge in [-0.15, -0.1) is 0 Å². The van der Waals surface area contributed by atoms with Crippen LogP contribution in [0.5, 0.6) is 0 Å². The standard InChI is InChI=1S/C13H17N3O2S/c1-10-15-12-5-2-6-14-13(12)16(10)8-11-4-3-7-19(17,18)9-11/h2,5-6,11H,3-4,7-9H2,1H3. The Balaban J connectivity index is 1.91. The molecule has 0 aromatic carbocycles. The fraction of sp³-hybridized carbons (Fsp3) is 0.538. The number of fused-ring (bicyclic) bond motifs is 1. The fourth-order valence-electron chi connectivity index (χ4n) is 2.81. The third-order valence-corrected chi connectivity index (χ3v) is 5.58. The molecule has 1 aliphatic rings. The highest BCUT2D eigenvalue weighted by atomic mass is 32.2. The summed E-state index contributed by atoms with van der Waals surface area (Å²) < 4.78 is 25.4. The summed E-state index contributed by atoms with van der Waals surface area (Å²) in [6.07, 6.45) is 3.48. The van der Waals surface area contributed by atoms with Crippen molar-refractivity contribution in [2.75, 3.05) is 11.5 Å². The minimum atomic E-state index is -2.86. The summed E-state index contributed by atoms with van der Waals surface area (Å²) in [6, 6.07) is 3.80. The third-order valence-electron chi connectivity index (χ3n) is 3.69. The normalized spacial score (nSPS) is 22.7. The highest BCUT2D eigenvalue weighted by Crippen LogP contribution is 2.22. The summed E-state index contributed by atoms with van der Waals surface area (Å²) in [5.41, 5.74) is 1.72. The first-order valence-corrected chi connectivity index (χ1v) is 8.35. The van der Waals surface area contributed by atoms with Gasteiger partial charge in [0.1, 0.15) is 11.3 Å². The summed E-state index contributed by atoms with van der Waals surface area (Å²) >= 11 is 0. The van der Waals surface area contributed by atoms with Crippen LogP contribution in [-0.2, 0) is 16.4 Å². The van der Waals surface area contributed by atoms with Gasteiger partial charge in [0, 0.05) is 12.7 Å². The summed E-state index contributed by atoms with van der Waals surface area (Å²) in [6.45, 7) is 2.64. The van der Waals surface area contributed by atoms with E-state index in [1.54, 1.807) is 6.20 Å². The lowest BCUT2D eigenvalue weighted by Crippen LogP contribution is -2.28. The lowest BCUT2D eigenvalue weighted by molar-refractivity contribution is 0.426. The van der Waals surface area contributed by atoms with E-state index in [9.17, 15) is 8.42 Å². The molecule has 2 aromatic heterocycles. The maximum atomic E-state index is 11.7. The molecular weight excluding hydrogens is 262 g/mol. The first-order valence-electron chi connectivity index (χ1n) is 6.53. The Morgan fingerprint density at radius 1 is 1.47 bits per heavy atom. The number of pyridine rings is 1. The first kappa shape index (κ1) is 12.6. The van der Waals surface area contributed by atoms with Crippen LogP contribution in [0.15, 0.2) is 18.3 Å². The fourth-order valence-corrected chi connectivity index (χ4v) is 4.57. The van der Waals surface area contributed by atoms with Crippen molar-refractivity contribution >= 4 is 21.0 Å². The predicted molar refractivity (Wildman–Crippen MR) is 73.6 cm³/mol. The van der Waals surface area contributed by atoms with Crippen molar-refractivity contribution < 1.29 is 8.42 Å². The third kappa shape index (κ3) is 2.49. The minimum absolute atomic E-state index is 0.178. The van der Waals surface area contributed by atoms with E-state index in [0.717, 1.165) is 29.8 Å². The van der Waals surface area contributed by atoms with E-state index in [0.29, 0.717) is 18.1 Å². The zero-order valence-electron chi connectivity index (χ0n) is 10.9. The van der Waals surface area contributed by atoms with Crippen LogP contribution in [0.2, 0.25) is 0 Å². The van der Waals surface area contributed by atoms with Gasteiger partial charge in [-0.05, 0) is 37.8 Å². The number of hydrogen-bond acceptors (Lipinski definition) is 4. The van der Waals surface area contributed by atoms with Crippen molar-refractivity contribution in [1.82, 2.24) is 14.5 Å². The molecule has 0 radical (unpaired) electrons. The van der Waals surface area contributed by atoms with Gasteiger partial charge in [-0.2, -0.15) is 0 Å². The second kappa shape index (κ2) is 4.59. The first-order chi connectivity index (χ1) is 9.05. The quantitative estimate of drug-likeness (QED) is 0.837. The maximum Gasteiger partial charge on any atom is 0.159 e. The molecule has 1 atom stereocenters. The molecule has 1 fully saturated rings. The second-order valence-electron chi connectivity index (χ2n) is 5.24. The second-order valence-corrected chi connectivity index (χ2v) is 7.47. The molecule has 3 heterocycles. The number of aryl methyl sites for hydroxylation is 1. The highest BCUT2D eigenvalue weighted by Gasteiger charge is 2.25. The van der Waals surface area contributed by atoms with Crippen molar-refractivity contribution in [2.24, 2.45) is 5.92 Å². The van der Waals surface area contributed by atoms with E-state index in [1.807, 2.05) is 23.6 Å². The molecule has 1 unspecified atom stereocenters. The van der Waals surface area contributed by atoms with Crippen molar-refractivity contribution in [2.45, 2.75) is 26.3 Å². The molecule has 0 spiro atoms. The zero-order chi connectivity index (χ0) is 13.5. The lowest BCUT2D eigenvalue weighted by atomic mass is 10.1. The van der Waals surface area contributed by atoms with Crippen LogP contribution in [0, 0.1) is 12.8 Å². The molecule has 1 saturated heterocycles. The molecule has 3 rings (SSSR count). The van der Waals surface area contributed by atoms with Crippen LogP contribution in [0.3, 0.4) is 0 Å². The van der Waals surface area contributed by atoms with Gasteiger partial charge >= 0.3 is 0 Å². The van der Waals surface area contributed by atoms with Crippen LogP contribution >= 0.6 is 0 Å². The molecule has 102 valence electrons. The molecule has 0 bridgehead atoms. The van der Waals surface area contributed by atoms with Crippen LogP contribution in [0.4, 0.5) is 0 Å². The number of nitrogens with zero attached hydrogens (tertiary/aromatic N) is 3. The number of sulfone groups is 1. The average molecular weight is 279 g/mol.